The van der Waals surface area contributed by atoms with E-state index in [1.807, 2.05) is 24.3 Å². The number of benzene rings is 2. The fraction of sp³-hybridized carbons (Fsp3) is 0.118. The Balaban J connectivity index is 1.81. The zero-order chi connectivity index (χ0) is 16.2. The van der Waals surface area contributed by atoms with E-state index >= 15 is 0 Å². The maximum absolute atomic E-state index is 12.3. The maximum atomic E-state index is 12.3. The second-order valence-corrected chi connectivity index (χ2v) is 4.98. The van der Waals surface area contributed by atoms with Gasteiger partial charge in [0.2, 0.25) is 5.43 Å². The van der Waals surface area contributed by atoms with Crippen molar-refractivity contribution in [3.05, 3.63) is 70.0 Å². The molecule has 0 atom stereocenters. The van der Waals surface area contributed by atoms with Crippen LogP contribution in [0.5, 0.6) is 5.75 Å². The molecule has 6 heteroatoms. The summed E-state index contributed by atoms with van der Waals surface area (Å²) in [6, 6.07) is 14.3. The van der Waals surface area contributed by atoms with Crippen LogP contribution < -0.4 is 15.5 Å². The Morgan fingerprint density at radius 1 is 1.22 bits per heavy atom. The number of fused-ring (bicyclic) bond motifs is 1. The molecule has 0 spiro atoms. The van der Waals surface area contributed by atoms with Gasteiger partial charge in [0.1, 0.15) is 5.75 Å². The molecule has 0 aliphatic carbocycles. The Hall–Kier alpha value is -3.15. The lowest BCUT2D eigenvalue weighted by Gasteiger charge is -2.06. The summed E-state index contributed by atoms with van der Waals surface area (Å²) in [5.41, 5.74) is 0.936. The minimum Gasteiger partial charge on any atom is -0.497 e. The third kappa shape index (κ3) is 3.06. The van der Waals surface area contributed by atoms with Crippen molar-refractivity contribution >= 4 is 16.8 Å². The van der Waals surface area contributed by atoms with Gasteiger partial charge in [0, 0.05) is 11.9 Å². The highest BCUT2D eigenvalue weighted by Crippen LogP contribution is 2.12. The Morgan fingerprint density at radius 3 is 2.87 bits per heavy atom. The molecule has 0 fully saturated rings. The van der Waals surface area contributed by atoms with Gasteiger partial charge in [-0.25, -0.2) is 0 Å². The van der Waals surface area contributed by atoms with Gasteiger partial charge in [-0.2, -0.15) is 5.10 Å². The highest BCUT2D eigenvalue weighted by Gasteiger charge is 2.14. The van der Waals surface area contributed by atoms with Gasteiger partial charge in [-0.3, -0.25) is 14.7 Å². The number of carbonyl (C=O) groups is 1. The molecule has 0 unspecified atom stereocenters. The van der Waals surface area contributed by atoms with E-state index in [9.17, 15) is 9.59 Å². The molecule has 0 saturated heterocycles. The quantitative estimate of drug-likeness (QED) is 0.770. The van der Waals surface area contributed by atoms with Crippen LogP contribution in [0, 0.1) is 0 Å². The first-order chi connectivity index (χ1) is 11.2. The number of para-hydroxylation sites is 1. The van der Waals surface area contributed by atoms with E-state index in [1.165, 1.54) is 0 Å². The fourth-order valence-corrected chi connectivity index (χ4v) is 2.28. The summed E-state index contributed by atoms with van der Waals surface area (Å²) in [5, 5.41) is 9.74. The number of hydrogen-bond donors (Lipinski definition) is 2. The van der Waals surface area contributed by atoms with E-state index in [0.29, 0.717) is 16.7 Å². The van der Waals surface area contributed by atoms with Crippen LogP contribution in [0.2, 0.25) is 0 Å². The zero-order valence-electron chi connectivity index (χ0n) is 12.5. The van der Waals surface area contributed by atoms with E-state index in [2.05, 4.69) is 15.5 Å². The second kappa shape index (κ2) is 6.31. The van der Waals surface area contributed by atoms with Gasteiger partial charge < -0.3 is 10.1 Å². The predicted octanol–water partition coefficient (Wildman–Crippen LogP) is 1.86. The minimum atomic E-state index is -0.514. The first-order valence-corrected chi connectivity index (χ1v) is 7.07. The molecule has 3 rings (SSSR count). The molecule has 2 aromatic carbocycles. The molecule has 1 heterocycles. The number of aromatic amines is 1. The van der Waals surface area contributed by atoms with Gasteiger partial charge in [0.15, 0.2) is 5.69 Å². The topological polar surface area (TPSA) is 84.1 Å². The van der Waals surface area contributed by atoms with E-state index in [-0.39, 0.29) is 17.7 Å². The lowest BCUT2D eigenvalue weighted by Crippen LogP contribution is -2.30. The first kappa shape index (κ1) is 14.8. The minimum absolute atomic E-state index is 0.147. The molecule has 0 aliphatic rings. The Morgan fingerprint density at radius 2 is 2.04 bits per heavy atom. The standard InChI is InChI=1S/C17H15N3O3/c1-23-12-6-4-5-11(9-12)10-18-17(22)15-16(21)13-7-2-3-8-14(13)19-20-15/h2-9H,10H2,1H3,(H,18,22)(H,19,21). The molecule has 0 radical (unpaired) electrons. The molecule has 0 bridgehead atoms. The van der Waals surface area contributed by atoms with Crippen LogP contribution in [0.15, 0.2) is 53.3 Å². The van der Waals surface area contributed by atoms with E-state index in [1.54, 1.807) is 31.4 Å². The normalized spacial score (nSPS) is 10.5. The van der Waals surface area contributed by atoms with E-state index < -0.39 is 5.91 Å². The summed E-state index contributed by atoms with van der Waals surface area (Å²) in [6.45, 7) is 0.282. The SMILES string of the molecule is COc1cccc(CNC(=O)c2n[nH]c3ccccc3c2=O)c1. The number of ether oxygens (including phenoxy) is 1. The first-order valence-electron chi connectivity index (χ1n) is 7.07. The summed E-state index contributed by atoms with van der Waals surface area (Å²) in [7, 11) is 1.58. The molecule has 23 heavy (non-hydrogen) atoms. The third-order valence-electron chi connectivity index (χ3n) is 3.48. The van der Waals surface area contributed by atoms with Crippen LogP contribution in [0.3, 0.4) is 0 Å². The van der Waals surface area contributed by atoms with E-state index in [0.717, 1.165) is 5.56 Å². The number of aromatic nitrogens is 2. The van der Waals surface area contributed by atoms with Gasteiger partial charge in [-0.15, -0.1) is 0 Å². The Kier molecular flexibility index (Phi) is 4.05. The van der Waals surface area contributed by atoms with Crippen molar-refractivity contribution in [1.82, 2.24) is 15.5 Å². The van der Waals surface area contributed by atoms with Crippen molar-refractivity contribution in [1.29, 1.82) is 0 Å². The molecular weight excluding hydrogens is 294 g/mol. The zero-order valence-corrected chi connectivity index (χ0v) is 12.5. The number of nitrogens with one attached hydrogen (secondary N) is 2. The lowest BCUT2D eigenvalue weighted by molar-refractivity contribution is 0.0944. The third-order valence-corrected chi connectivity index (χ3v) is 3.48. The van der Waals surface area contributed by atoms with Crippen molar-refractivity contribution in [3.63, 3.8) is 0 Å². The van der Waals surface area contributed by atoms with Crippen LogP contribution in [-0.4, -0.2) is 23.2 Å². The van der Waals surface area contributed by atoms with Crippen molar-refractivity contribution in [2.45, 2.75) is 6.54 Å². The van der Waals surface area contributed by atoms with Crippen LogP contribution >= 0.6 is 0 Å². The molecule has 0 aliphatic heterocycles. The fourth-order valence-electron chi connectivity index (χ4n) is 2.28. The van der Waals surface area contributed by atoms with Crippen molar-refractivity contribution < 1.29 is 9.53 Å². The summed E-state index contributed by atoms with van der Waals surface area (Å²) < 4.78 is 5.13. The summed E-state index contributed by atoms with van der Waals surface area (Å²) in [6.07, 6.45) is 0. The van der Waals surface area contributed by atoms with Gasteiger partial charge in [0.05, 0.1) is 12.6 Å². The van der Waals surface area contributed by atoms with Gasteiger partial charge in [-0.05, 0) is 29.8 Å². The highest BCUT2D eigenvalue weighted by molar-refractivity contribution is 5.95. The average molecular weight is 309 g/mol. The number of hydrogen-bond acceptors (Lipinski definition) is 4. The number of rotatable bonds is 4. The van der Waals surface area contributed by atoms with Gasteiger partial charge in [-0.1, -0.05) is 24.3 Å². The van der Waals surface area contributed by atoms with Crippen LogP contribution in [0.25, 0.3) is 10.9 Å². The molecule has 3 aromatic rings. The van der Waals surface area contributed by atoms with Crippen LogP contribution in [-0.2, 0) is 6.54 Å². The Bertz CT molecular complexity index is 918. The predicted molar refractivity (Wildman–Crippen MR) is 86.5 cm³/mol. The summed E-state index contributed by atoms with van der Waals surface area (Å²) >= 11 is 0. The molecule has 116 valence electrons. The molecule has 2 N–H and O–H groups in total. The number of methoxy groups -OCH3 is 1. The highest BCUT2D eigenvalue weighted by atomic mass is 16.5. The van der Waals surface area contributed by atoms with Gasteiger partial charge >= 0.3 is 0 Å². The summed E-state index contributed by atoms with van der Waals surface area (Å²) in [5.74, 6) is 0.193. The molecule has 0 saturated carbocycles. The number of nitrogens with zero attached hydrogens (tertiary/aromatic N) is 1. The number of H-pyrrole nitrogens is 1. The van der Waals surface area contributed by atoms with Crippen molar-refractivity contribution in [2.75, 3.05) is 7.11 Å². The molecule has 6 nitrogen and oxygen atoms in total. The number of carbonyl (C=O) groups excluding carboxylic acids is 1. The largest absolute Gasteiger partial charge is 0.497 e. The molecular formula is C17H15N3O3. The molecule has 1 aromatic heterocycles. The average Bonchev–Trinajstić information content (AvgIpc) is 2.60. The second-order valence-electron chi connectivity index (χ2n) is 4.98. The molecule has 1 amide bonds. The maximum Gasteiger partial charge on any atom is 0.276 e. The smallest absolute Gasteiger partial charge is 0.276 e. The van der Waals surface area contributed by atoms with Crippen molar-refractivity contribution in [2.24, 2.45) is 0 Å². The van der Waals surface area contributed by atoms with E-state index in [4.69, 9.17) is 4.74 Å². The van der Waals surface area contributed by atoms with Crippen molar-refractivity contribution in [3.8, 4) is 5.75 Å². The van der Waals surface area contributed by atoms with Crippen LogP contribution in [0.1, 0.15) is 16.1 Å². The lowest BCUT2D eigenvalue weighted by atomic mass is 10.2. The van der Waals surface area contributed by atoms with Gasteiger partial charge in [0.25, 0.3) is 5.91 Å². The number of amides is 1. The Labute approximate surface area is 132 Å². The monoisotopic (exact) mass is 309 g/mol. The van der Waals surface area contributed by atoms with Crippen LogP contribution in [0.4, 0.5) is 0 Å². The summed E-state index contributed by atoms with van der Waals surface area (Å²) in [4.78, 5) is 24.5.